The number of benzene rings is 1. The Bertz CT molecular complexity index is 564. The van der Waals surface area contributed by atoms with Crippen LogP contribution in [0, 0.1) is 0 Å². The first-order chi connectivity index (χ1) is 8.38. The van der Waals surface area contributed by atoms with Crippen LogP contribution >= 0.6 is 11.3 Å². The van der Waals surface area contributed by atoms with Crippen molar-refractivity contribution in [2.45, 2.75) is 26.2 Å². The van der Waals surface area contributed by atoms with Crippen LogP contribution < -0.4 is 0 Å². The van der Waals surface area contributed by atoms with Crippen molar-refractivity contribution in [1.29, 1.82) is 0 Å². The molecule has 94 valence electrons. The number of carbonyl (C=O) groups is 1. The Hall–Kier alpha value is -1.68. The maximum atomic E-state index is 10.8. The van der Waals surface area contributed by atoms with E-state index in [2.05, 4.69) is 37.9 Å². The van der Waals surface area contributed by atoms with Gasteiger partial charge in [-0.25, -0.2) is 9.78 Å². The zero-order valence-corrected chi connectivity index (χ0v) is 11.4. The van der Waals surface area contributed by atoms with Gasteiger partial charge in [-0.2, -0.15) is 0 Å². The number of nitrogens with zero attached hydrogens (tertiary/aromatic N) is 1. The number of aromatic carboxylic acids is 1. The number of hydrogen-bond donors (Lipinski definition) is 1. The summed E-state index contributed by atoms with van der Waals surface area (Å²) in [7, 11) is 0. The number of rotatable bonds is 2. The lowest BCUT2D eigenvalue weighted by atomic mass is 9.87. The van der Waals surface area contributed by atoms with Gasteiger partial charge in [-0.1, -0.05) is 45.0 Å². The van der Waals surface area contributed by atoms with Gasteiger partial charge in [0, 0.05) is 5.56 Å². The molecule has 0 bridgehead atoms. The second kappa shape index (κ2) is 4.53. The zero-order chi connectivity index (χ0) is 13.3. The van der Waals surface area contributed by atoms with Crippen molar-refractivity contribution in [1.82, 2.24) is 4.98 Å². The maximum absolute atomic E-state index is 10.8. The minimum atomic E-state index is -0.926. The molecule has 3 nitrogen and oxygen atoms in total. The monoisotopic (exact) mass is 261 g/mol. The van der Waals surface area contributed by atoms with E-state index in [-0.39, 0.29) is 10.3 Å². The van der Waals surface area contributed by atoms with Crippen LogP contribution in [0.4, 0.5) is 0 Å². The maximum Gasteiger partial charge on any atom is 0.347 e. The highest BCUT2D eigenvalue weighted by Gasteiger charge is 2.14. The first-order valence-corrected chi connectivity index (χ1v) is 6.49. The molecule has 0 atom stereocenters. The van der Waals surface area contributed by atoms with Gasteiger partial charge in [0.25, 0.3) is 0 Å². The molecular weight excluding hydrogens is 246 g/mol. The summed E-state index contributed by atoms with van der Waals surface area (Å²) in [4.78, 5) is 15.2. The number of carboxylic acids is 1. The van der Waals surface area contributed by atoms with Gasteiger partial charge >= 0.3 is 5.97 Å². The highest BCUT2D eigenvalue weighted by molar-refractivity contribution is 7.16. The van der Waals surface area contributed by atoms with Gasteiger partial charge in [-0.15, -0.1) is 11.3 Å². The minimum absolute atomic E-state index is 0.119. The van der Waals surface area contributed by atoms with Crippen molar-refractivity contribution in [3.05, 3.63) is 40.9 Å². The largest absolute Gasteiger partial charge is 0.477 e. The van der Waals surface area contributed by atoms with Crippen LogP contribution in [0.3, 0.4) is 0 Å². The summed E-state index contributed by atoms with van der Waals surface area (Å²) in [6.07, 6.45) is 1.40. The molecule has 4 heteroatoms. The predicted molar refractivity (Wildman–Crippen MR) is 73.2 cm³/mol. The predicted octanol–water partition coefficient (Wildman–Crippen LogP) is 3.81. The molecule has 0 aliphatic heterocycles. The van der Waals surface area contributed by atoms with Crippen LogP contribution in [-0.4, -0.2) is 16.1 Å². The fourth-order valence-electron chi connectivity index (χ4n) is 1.62. The van der Waals surface area contributed by atoms with Crippen LogP contribution in [0.25, 0.3) is 10.6 Å². The molecule has 1 aromatic heterocycles. The Morgan fingerprint density at radius 1 is 1.22 bits per heavy atom. The topological polar surface area (TPSA) is 50.2 Å². The number of thiazole rings is 1. The average molecular weight is 261 g/mol. The summed E-state index contributed by atoms with van der Waals surface area (Å²) in [5.41, 5.74) is 2.33. The van der Waals surface area contributed by atoms with Crippen molar-refractivity contribution in [3.63, 3.8) is 0 Å². The summed E-state index contributed by atoms with van der Waals surface area (Å²) in [5, 5.41) is 9.61. The lowest BCUT2D eigenvalue weighted by Crippen LogP contribution is -2.10. The Kier molecular flexibility index (Phi) is 3.22. The van der Waals surface area contributed by atoms with E-state index in [1.807, 2.05) is 12.1 Å². The van der Waals surface area contributed by atoms with E-state index in [0.29, 0.717) is 0 Å². The van der Waals surface area contributed by atoms with Gasteiger partial charge in [-0.05, 0) is 11.0 Å². The zero-order valence-electron chi connectivity index (χ0n) is 10.6. The molecule has 2 rings (SSSR count). The van der Waals surface area contributed by atoms with E-state index in [9.17, 15) is 4.79 Å². The fourth-order valence-corrected chi connectivity index (χ4v) is 2.38. The SMILES string of the molecule is CC(C)(C)c1ccc(-c2ncc(C(=O)O)s2)cc1. The third-order valence-electron chi connectivity index (χ3n) is 2.71. The molecule has 2 aromatic rings. The highest BCUT2D eigenvalue weighted by atomic mass is 32.1. The van der Waals surface area contributed by atoms with Gasteiger partial charge in [0.2, 0.25) is 0 Å². The summed E-state index contributed by atoms with van der Waals surface area (Å²) in [5.74, 6) is -0.926. The number of carboxylic acid groups (broad SMARTS) is 1. The van der Waals surface area contributed by atoms with Gasteiger partial charge in [-0.3, -0.25) is 0 Å². The molecule has 0 unspecified atom stereocenters. The van der Waals surface area contributed by atoms with Crippen LogP contribution in [0.1, 0.15) is 36.0 Å². The Labute approximate surface area is 110 Å². The van der Waals surface area contributed by atoms with E-state index >= 15 is 0 Å². The van der Waals surface area contributed by atoms with Crippen LogP contribution in [0.15, 0.2) is 30.5 Å². The van der Waals surface area contributed by atoms with E-state index in [1.54, 1.807) is 0 Å². The first kappa shape index (κ1) is 12.8. The Balaban J connectivity index is 2.31. The second-order valence-corrected chi connectivity index (χ2v) is 6.19. The molecule has 0 radical (unpaired) electrons. The molecule has 0 saturated heterocycles. The highest BCUT2D eigenvalue weighted by Crippen LogP contribution is 2.28. The third-order valence-corrected chi connectivity index (χ3v) is 3.75. The molecule has 1 heterocycles. The fraction of sp³-hybridized carbons (Fsp3) is 0.286. The Morgan fingerprint density at radius 2 is 1.83 bits per heavy atom. The molecule has 1 N–H and O–H groups in total. The lowest BCUT2D eigenvalue weighted by molar-refractivity contribution is 0.0702. The van der Waals surface area contributed by atoms with Gasteiger partial charge in [0.15, 0.2) is 0 Å². The van der Waals surface area contributed by atoms with Gasteiger partial charge < -0.3 is 5.11 Å². The summed E-state index contributed by atoms with van der Waals surface area (Å²) in [6, 6.07) is 8.12. The average Bonchev–Trinajstić information content (AvgIpc) is 2.77. The third kappa shape index (κ3) is 2.59. The normalized spacial score (nSPS) is 11.5. The Morgan fingerprint density at radius 3 is 2.28 bits per heavy atom. The van der Waals surface area contributed by atoms with Crippen LogP contribution in [0.2, 0.25) is 0 Å². The van der Waals surface area contributed by atoms with Crippen LogP contribution in [0.5, 0.6) is 0 Å². The van der Waals surface area contributed by atoms with E-state index < -0.39 is 5.97 Å². The molecule has 0 aliphatic rings. The summed E-state index contributed by atoms with van der Waals surface area (Å²) < 4.78 is 0. The van der Waals surface area contributed by atoms with Gasteiger partial charge in [0.1, 0.15) is 9.88 Å². The molecule has 0 fully saturated rings. The lowest BCUT2D eigenvalue weighted by Gasteiger charge is -2.18. The van der Waals surface area contributed by atoms with Crippen LogP contribution in [-0.2, 0) is 5.41 Å². The van der Waals surface area contributed by atoms with Crippen molar-refractivity contribution < 1.29 is 9.90 Å². The molecule has 0 aliphatic carbocycles. The molecule has 1 aromatic carbocycles. The van der Waals surface area contributed by atoms with Crippen molar-refractivity contribution in [2.24, 2.45) is 0 Å². The van der Waals surface area contributed by atoms with Crippen molar-refractivity contribution in [2.75, 3.05) is 0 Å². The molecule has 0 amide bonds. The number of hydrogen-bond acceptors (Lipinski definition) is 3. The van der Waals surface area contributed by atoms with E-state index in [1.165, 1.54) is 23.1 Å². The second-order valence-electron chi connectivity index (χ2n) is 5.16. The van der Waals surface area contributed by atoms with E-state index in [4.69, 9.17) is 5.11 Å². The van der Waals surface area contributed by atoms with E-state index in [0.717, 1.165) is 10.6 Å². The standard InChI is InChI=1S/C14H15NO2S/c1-14(2,3)10-6-4-9(5-7-10)12-15-8-11(18-12)13(16)17/h4-8H,1-3H3,(H,16,17). The summed E-state index contributed by atoms with van der Waals surface area (Å²) in [6.45, 7) is 6.48. The molecule has 0 spiro atoms. The first-order valence-electron chi connectivity index (χ1n) is 5.68. The molecule has 18 heavy (non-hydrogen) atoms. The van der Waals surface area contributed by atoms with Crippen molar-refractivity contribution >= 4 is 17.3 Å². The molecular formula is C14H15NO2S. The van der Waals surface area contributed by atoms with Gasteiger partial charge in [0.05, 0.1) is 6.20 Å². The van der Waals surface area contributed by atoms with Crippen molar-refractivity contribution in [3.8, 4) is 10.6 Å². The molecule has 0 saturated carbocycles. The summed E-state index contributed by atoms with van der Waals surface area (Å²) >= 11 is 1.20. The quantitative estimate of drug-likeness (QED) is 0.894. The smallest absolute Gasteiger partial charge is 0.347 e. The minimum Gasteiger partial charge on any atom is -0.477 e. The number of aromatic nitrogens is 1.